The molecule has 0 bridgehead atoms. The van der Waals surface area contributed by atoms with Crippen LogP contribution >= 0.6 is 0 Å². The lowest BCUT2D eigenvalue weighted by Gasteiger charge is -2.31. The minimum atomic E-state index is -3.60. The van der Waals surface area contributed by atoms with Gasteiger partial charge in [-0.25, -0.2) is 23.1 Å². The Labute approximate surface area is 108 Å². The quantitative estimate of drug-likeness (QED) is 0.813. The monoisotopic (exact) mass is 272 g/mol. The zero-order valence-electron chi connectivity index (χ0n) is 11.0. The summed E-state index contributed by atoms with van der Waals surface area (Å²) in [6.45, 7) is 5.90. The van der Waals surface area contributed by atoms with E-state index in [4.69, 9.17) is 5.73 Å². The first kappa shape index (κ1) is 14.8. The van der Waals surface area contributed by atoms with Crippen LogP contribution in [0.25, 0.3) is 0 Å². The van der Waals surface area contributed by atoms with Crippen molar-refractivity contribution in [3.63, 3.8) is 0 Å². The van der Waals surface area contributed by atoms with Crippen LogP contribution in [0.2, 0.25) is 0 Å². The lowest BCUT2D eigenvalue weighted by molar-refractivity contribution is 0.341. The highest BCUT2D eigenvalue weighted by Gasteiger charge is 2.30. The summed E-state index contributed by atoms with van der Waals surface area (Å²) in [7, 11) is -3.60. The van der Waals surface area contributed by atoms with Gasteiger partial charge in [0.2, 0.25) is 16.0 Å². The number of anilines is 1. The highest BCUT2D eigenvalue weighted by atomic mass is 32.2. The molecule has 0 aromatic carbocycles. The molecule has 0 atom stereocenters. The van der Waals surface area contributed by atoms with Crippen molar-refractivity contribution < 1.29 is 8.42 Å². The average Bonchev–Trinajstić information content (AvgIpc) is 2.37. The van der Waals surface area contributed by atoms with E-state index in [2.05, 4.69) is 14.7 Å². The van der Waals surface area contributed by atoms with Crippen molar-refractivity contribution in [3.8, 4) is 0 Å². The predicted octanol–water partition coefficient (Wildman–Crippen LogP) is 1.31. The van der Waals surface area contributed by atoms with Gasteiger partial charge in [-0.1, -0.05) is 20.8 Å². The van der Waals surface area contributed by atoms with Crippen molar-refractivity contribution in [3.05, 3.63) is 12.4 Å². The van der Waals surface area contributed by atoms with Crippen LogP contribution in [-0.2, 0) is 10.0 Å². The van der Waals surface area contributed by atoms with E-state index in [0.717, 1.165) is 19.3 Å². The molecule has 0 radical (unpaired) electrons. The summed E-state index contributed by atoms with van der Waals surface area (Å²) in [6.07, 6.45) is 4.63. The van der Waals surface area contributed by atoms with Crippen LogP contribution in [0.1, 0.15) is 40.0 Å². The molecule has 102 valence electrons. The van der Waals surface area contributed by atoms with Crippen LogP contribution < -0.4 is 10.5 Å². The molecule has 18 heavy (non-hydrogen) atoms. The van der Waals surface area contributed by atoms with Gasteiger partial charge >= 0.3 is 0 Å². The smallest absolute Gasteiger partial charge is 0.244 e. The molecule has 0 amide bonds. The predicted molar refractivity (Wildman–Crippen MR) is 70.4 cm³/mol. The largest absolute Gasteiger partial charge is 0.368 e. The lowest BCUT2D eigenvalue weighted by atomic mass is 9.91. The lowest BCUT2D eigenvalue weighted by Crippen LogP contribution is -2.47. The standard InChI is InChI=1S/C11H20N4O2S/c1-4-11(5-2,6-3)15-18(16,17)9-7-13-10(12)14-8-9/h7-8,15H,4-6H2,1-3H3,(H2,12,13,14). The van der Waals surface area contributed by atoms with Gasteiger partial charge in [0.1, 0.15) is 4.90 Å². The van der Waals surface area contributed by atoms with Crippen molar-refractivity contribution in [2.24, 2.45) is 0 Å². The summed E-state index contributed by atoms with van der Waals surface area (Å²) in [4.78, 5) is 7.44. The number of aromatic nitrogens is 2. The van der Waals surface area contributed by atoms with Crippen molar-refractivity contribution in [1.82, 2.24) is 14.7 Å². The minimum Gasteiger partial charge on any atom is -0.368 e. The number of nitrogens with two attached hydrogens (primary N) is 1. The molecule has 0 saturated heterocycles. The van der Waals surface area contributed by atoms with Crippen LogP contribution in [0.4, 0.5) is 5.95 Å². The van der Waals surface area contributed by atoms with E-state index < -0.39 is 15.6 Å². The van der Waals surface area contributed by atoms with Gasteiger partial charge in [-0.3, -0.25) is 0 Å². The Morgan fingerprint density at radius 3 is 2.00 bits per heavy atom. The SMILES string of the molecule is CCC(CC)(CC)NS(=O)(=O)c1cnc(N)nc1. The summed E-state index contributed by atoms with van der Waals surface area (Å²) in [5, 5.41) is 0. The van der Waals surface area contributed by atoms with E-state index in [1.54, 1.807) is 0 Å². The number of hydrogen-bond acceptors (Lipinski definition) is 5. The maximum absolute atomic E-state index is 12.2. The van der Waals surface area contributed by atoms with Crippen LogP contribution in [0.5, 0.6) is 0 Å². The molecule has 1 aromatic heterocycles. The number of nitrogen functional groups attached to an aromatic ring is 1. The first-order chi connectivity index (χ1) is 8.39. The molecule has 0 saturated carbocycles. The van der Waals surface area contributed by atoms with E-state index in [1.807, 2.05) is 20.8 Å². The third-order valence-corrected chi connectivity index (χ3v) is 4.87. The number of hydrogen-bond donors (Lipinski definition) is 2. The zero-order valence-corrected chi connectivity index (χ0v) is 11.8. The van der Waals surface area contributed by atoms with Crippen molar-refractivity contribution in [2.75, 3.05) is 5.73 Å². The van der Waals surface area contributed by atoms with Crippen LogP contribution in [0.3, 0.4) is 0 Å². The molecule has 0 fully saturated rings. The summed E-state index contributed by atoms with van der Waals surface area (Å²) in [5.41, 5.74) is 4.92. The summed E-state index contributed by atoms with van der Waals surface area (Å²) in [6, 6.07) is 0. The Morgan fingerprint density at radius 2 is 1.61 bits per heavy atom. The second-order valence-corrected chi connectivity index (χ2v) is 5.91. The highest BCUT2D eigenvalue weighted by Crippen LogP contribution is 2.22. The van der Waals surface area contributed by atoms with Crippen LogP contribution in [0.15, 0.2) is 17.3 Å². The Hall–Kier alpha value is -1.21. The fourth-order valence-electron chi connectivity index (χ4n) is 1.78. The van der Waals surface area contributed by atoms with Crippen molar-refractivity contribution in [2.45, 2.75) is 50.5 Å². The van der Waals surface area contributed by atoms with E-state index in [0.29, 0.717) is 0 Å². The number of nitrogens with one attached hydrogen (secondary N) is 1. The first-order valence-electron chi connectivity index (χ1n) is 6.00. The molecule has 1 aromatic rings. The van der Waals surface area contributed by atoms with Gasteiger partial charge in [-0.05, 0) is 19.3 Å². The van der Waals surface area contributed by atoms with Gasteiger partial charge in [0.05, 0.1) is 12.4 Å². The Kier molecular flexibility index (Phi) is 4.64. The second kappa shape index (κ2) is 5.62. The van der Waals surface area contributed by atoms with Gasteiger partial charge in [0.15, 0.2) is 0 Å². The molecule has 0 aliphatic heterocycles. The van der Waals surface area contributed by atoms with E-state index >= 15 is 0 Å². The van der Waals surface area contributed by atoms with Crippen LogP contribution in [0, 0.1) is 0 Å². The van der Waals surface area contributed by atoms with Gasteiger partial charge in [0, 0.05) is 5.54 Å². The number of rotatable bonds is 6. The third-order valence-electron chi connectivity index (χ3n) is 3.34. The van der Waals surface area contributed by atoms with Crippen molar-refractivity contribution in [1.29, 1.82) is 0 Å². The molecule has 0 spiro atoms. The van der Waals surface area contributed by atoms with Gasteiger partial charge in [-0.2, -0.15) is 0 Å². The first-order valence-corrected chi connectivity index (χ1v) is 7.49. The maximum atomic E-state index is 12.2. The Balaban J connectivity index is 3.04. The van der Waals surface area contributed by atoms with Crippen molar-refractivity contribution >= 4 is 16.0 Å². The molecular weight excluding hydrogens is 252 g/mol. The third kappa shape index (κ3) is 3.17. The second-order valence-electron chi connectivity index (χ2n) is 4.22. The normalized spacial score (nSPS) is 12.6. The number of sulfonamides is 1. The molecule has 0 aliphatic rings. The Morgan fingerprint density at radius 1 is 1.17 bits per heavy atom. The van der Waals surface area contributed by atoms with Gasteiger partial charge in [-0.15, -0.1) is 0 Å². The maximum Gasteiger partial charge on any atom is 0.244 e. The molecule has 6 nitrogen and oxygen atoms in total. The highest BCUT2D eigenvalue weighted by molar-refractivity contribution is 7.89. The molecule has 1 heterocycles. The van der Waals surface area contributed by atoms with E-state index in [1.165, 1.54) is 12.4 Å². The summed E-state index contributed by atoms with van der Waals surface area (Å²) < 4.78 is 27.2. The minimum absolute atomic E-state index is 0.0384. The molecular formula is C11H20N4O2S. The zero-order chi connectivity index (χ0) is 13.8. The summed E-state index contributed by atoms with van der Waals surface area (Å²) >= 11 is 0. The fraction of sp³-hybridized carbons (Fsp3) is 0.636. The number of nitrogens with zero attached hydrogens (tertiary/aromatic N) is 2. The Bertz CT molecular complexity index is 472. The van der Waals surface area contributed by atoms with Gasteiger partial charge < -0.3 is 5.73 Å². The molecule has 0 aliphatic carbocycles. The average molecular weight is 272 g/mol. The topological polar surface area (TPSA) is 98.0 Å². The molecule has 0 unspecified atom stereocenters. The molecule has 1 rings (SSSR count). The molecule has 7 heteroatoms. The summed E-state index contributed by atoms with van der Waals surface area (Å²) in [5.74, 6) is 0.0571. The fourth-order valence-corrected chi connectivity index (χ4v) is 3.28. The van der Waals surface area contributed by atoms with Crippen LogP contribution in [-0.4, -0.2) is 23.9 Å². The molecule has 3 N–H and O–H groups in total. The van der Waals surface area contributed by atoms with Gasteiger partial charge in [0.25, 0.3) is 0 Å². The van der Waals surface area contributed by atoms with E-state index in [-0.39, 0.29) is 10.8 Å². The van der Waals surface area contributed by atoms with E-state index in [9.17, 15) is 8.42 Å².